The second-order valence-corrected chi connectivity index (χ2v) is 7.81. The molecule has 0 aliphatic carbocycles. The number of thiazole rings is 1. The fraction of sp³-hybridized carbons (Fsp3) is 0.263. The third-order valence-corrected chi connectivity index (χ3v) is 5.64. The first-order valence-corrected chi connectivity index (χ1v) is 9.44. The number of likely N-dealkylation sites (N-methyl/N-ethyl adjacent to an activating group) is 1. The molecule has 0 aliphatic rings. The average Bonchev–Trinajstić information content (AvgIpc) is 3.07. The number of anilines is 1. The van der Waals surface area contributed by atoms with E-state index in [2.05, 4.69) is 4.98 Å². The SMILES string of the molecule is Cc1ccc(Cl)c2sc(N(CCN(C)C)C(=O)c3ccc(F)c(F)c3)nc12. The number of carbonyl (C=O) groups is 1. The minimum atomic E-state index is -1.06. The van der Waals surface area contributed by atoms with Crippen molar-refractivity contribution in [2.24, 2.45) is 0 Å². The van der Waals surface area contributed by atoms with Gasteiger partial charge in [-0.15, -0.1) is 0 Å². The van der Waals surface area contributed by atoms with Crippen LogP contribution in [-0.4, -0.2) is 43.0 Å². The quantitative estimate of drug-likeness (QED) is 0.610. The number of fused-ring (bicyclic) bond motifs is 1. The van der Waals surface area contributed by atoms with Crippen LogP contribution in [0.1, 0.15) is 15.9 Å². The predicted molar refractivity (Wildman–Crippen MR) is 106 cm³/mol. The summed E-state index contributed by atoms with van der Waals surface area (Å²) in [5, 5.41) is 1.03. The molecule has 1 amide bonds. The topological polar surface area (TPSA) is 36.4 Å². The Morgan fingerprint density at radius 3 is 2.52 bits per heavy atom. The number of aromatic nitrogens is 1. The van der Waals surface area contributed by atoms with Gasteiger partial charge in [-0.2, -0.15) is 0 Å². The third kappa shape index (κ3) is 4.10. The molecule has 0 aliphatic heterocycles. The molecule has 8 heteroatoms. The molecule has 0 bridgehead atoms. The van der Waals surface area contributed by atoms with Gasteiger partial charge in [0.15, 0.2) is 16.8 Å². The molecule has 0 unspecified atom stereocenters. The van der Waals surface area contributed by atoms with Gasteiger partial charge in [0.2, 0.25) is 0 Å². The Labute approximate surface area is 165 Å². The smallest absolute Gasteiger partial charge is 0.260 e. The lowest BCUT2D eigenvalue weighted by Crippen LogP contribution is -2.36. The molecule has 142 valence electrons. The highest BCUT2D eigenvalue weighted by Crippen LogP contribution is 2.36. The van der Waals surface area contributed by atoms with Crippen LogP contribution in [-0.2, 0) is 0 Å². The first-order valence-electron chi connectivity index (χ1n) is 8.25. The van der Waals surface area contributed by atoms with E-state index in [4.69, 9.17) is 11.6 Å². The van der Waals surface area contributed by atoms with Crippen molar-refractivity contribution >= 4 is 44.2 Å². The van der Waals surface area contributed by atoms with Crippen LogP contribution in [0.25, 0.3) is 10.2 Å². The number of halogens is 3. The average molecular weight is 410 g/mol. The molecule has 2 aromatic carbocycles. The Morgan fingerprint density at radius 2 is 1.89 bits per heavy atom. The lowest BCUT2D eigenvalue weighted by molar-refractivity contribution is 0.0984. The Kier molecular flexibility index (Phi) is 5.74. The first kappa shape index (κ1) is 19.7. The number of hydrogen-bond acceptors (Lipinski definition) is 4. The summed E-state index contributed by atoms with van der Waals surface area (Å²) in [7, 11) is 3.78. The van der Waals surface area contributed by atoms with Crippen LogP contribution in [0.5, 0.6) is 0 Å². The molecular weight excluding hydrogens is 392 g/mol. The van der Waals surface area contributed by atoms with Gasteiger partial charge in [-0.05, 0) is 50.8 Å². The number of aryl methyl sites for hydroxylation is 1. The highest BCUT2D eigenvalue weighted by atomic mass is 35.5. The minimum Gasteiger partial charge on any atom is -0.308 e. The monoisotopic (exact) mass is 409 g/mol. The zero-order chi connectivity index (χ0) is 19.7. The number of rotatable bonds is 5. The maximum absolute atomic E-state index is 13.6. The van der Waals surface area contributed by atoms with E-state index in [1.165, 1.54) is 22.3 Å². The Bertz CT molecular complexity index is 967. The standard InChI is InChI=1S/C19H18ClF2N3OS/c1-11-4-6-13(20)17-16(11)23-19(27-17)25(9-8-24(2)3)18(26)12-5-7-14(21)15(22)10-12/h4-7,10H,8-9H2,1-3H3. The normalized spacial score (nSPS) is 11.4. The zero-order valence-corrected chi connectivity index (χ0v) is 16.7. The van der Waals surface area contributed by atoms with Crippen molar-refractivity contribution in [2.75, 3.05) is 32.1 Å². The van der Waals surface area contributed by atoms with Crippen molar-refractivity contribution in [3.05, 3.63) is 58.1 Å². The molecule has 0 N–H and O–H groups in total. The molecule has 0 fully saturated rings. The summed E-state index contributed by atoms with van der Waals surface area (Å²) in [5.41, 5.74) is 1.75. The Hall–Kier alpha value is -2.09. The highest BCUT2D eigenvalue weighted by Gasteiger charge is 2.23. The summed E-state index contributed by atoms with van der Waals surface area (Å²) in [6.45, 7) is 2.85. The van der Waals surface area contributed by atoms with Crippen molar-refractivity contribution in [1.82, 2.24) is 9.88 Å². The van der Waals surface area contributed by atoms with E-state index < -0.39 is 17.5 Å². The lowest BCUT2D eigenvalue weighted by atomic mass is 10.2. The van der Waals surface area contributed by atoms with E-state index in [1.54, 1.807) is 6.07 Å². The molecule has 0 spiro atoms. The van der Waals surface area contributed by atoms with Crippen LogP contribution < -0.4 is 4.90 Å². The molecule has 3 rings (SSSR count). The van der Waals surface area contributed by atoms with Gasteiger partial charge in [0.05, 0.1) is 15.2 Å². The molecule has 0 saturated carbocycles. The van der Waals surface area contributed by atoms with Crippen molar-refractivity contribution in [2.45, 2.75) is 6.92 Å². The third-order valence-electron chi connectivity index (χ3n) is 4.10. The van der Waals surface area contributed by atoms with E-state index in [1.807, 2.05) is 32.0 Å². The number of nitrogens with zero attached hydrogens (tertiary/aromatic N) is 3. The maximum Gasteiger partial charge on any atom is 0.260 e. The molecule has 1 heterocycles. The molecule has 1 aromatic heterocycles. The molecule has 3 aromatic rings. The summed E-state index contributed by atoms with van der Waals surface area (Å²) in [4.78, 5) is 21.0. The van der Waals surface area contributed by atoms with Gasteiger partial charge in [-0.1, -0.05) is 29.0 Å². The van der Waals surface area contributed by atoms with Crippen LogP contribution in [0.4, 0.5) is 13.9 Å². The summed E-state index contributed by atoms with van der Waals surface area (Å²) in [6, 6.07) is 6.80. The van der Waals surface area contributed by atoms with E-state index in [9.17, 15) is 13.6 Å². The van der Waals surface area contributed by atoms with Crippen LogP contribution in [0.15, 0.2) is 30.3 Å². The summed E-state index contributed by atoms with van der Waals surface area (Å²) in [5.74, 6) is -2.49. The largest absolute Gasteiger partial charge is 0.308 e. The van der Waals surface area contributed by atoms with Crippen LogP contribution >= 0.6 is 22.9 Å². The van der Waals surface area contributed by atoms with E-state index in [-0.39, 0.29) is 5.56 Å². The van der Waals surface area contributed by atoms with Gasteiger partial charge in [0.25, 0.3) is 5.91 Å². The van der Waals surface area contributed by atoms with E-state index in [0.717, 1.165) is 27.9 Å². The zero-order valence-electron chi connectivity index (χ0n) is 15.1. The molecule has 0 atom stereocenters. The number of hydrogen-bond donors (Lipinski definition) is 0. The number of benzene rings is 2. The molecular formula is C19H18ClF2N3OS. The van der Waals surface area contributed by atoms with Crippen LogP contribution in [0.2, 0.25) is 5.02 Å². The van der Waals surface area contributed by atoms with E-state index >= 15 is 0 Å². The van der Waals surface area contributed by atoms with Gasteiger partial charge in [-0.25, -0.2) is 13.8 Å². The summed E-state index contributed by atoms with van der Waals surface area (Å²) < 4.78 is 27.6. The van der Waals surface area contributed by atoms with Gasteiger partial charge in [0.1, 0.15) is 0 Å². The summed E-state index contributed by atoms with van der Waals surface area (Å²) in [6.07, 6.45) is 0. The fourth-order valence-corrected chi connectivity index (χ4v) is 3.92. The van der Waals surface area contributed by atoms with Crippen LogP contribution in [0, 0.1) is 18.6 Å². The predicted octanol–water partition coefficient (Wildman–Crippen LogP) is 4.74. The highest BCUT2D eigenvalue weighted by molar-refractivity contribution is 7.23. The molecule has 27 heavy (non-hydrogen) atoms. The van der Waals surface area contributed by atoms with Gasteiger partial charge >= 0.3 is 0 Å². The lowest BCUT2D eigenvalue weighted by Gasteiger charge is -2.22. The first-order chi connectivity index (χ1) is 12.8. The second kappa shape index (κ2) is 7.88. The maximum atomic E-state index is 13.6. The Balaban J connectivity index is 2.05. The van der Waals surface area contributed by atoms with E-state index in [0.29, 0.717) is 23.2 Å². The molecule has 0 saturated heterocycles. The second-order valence-electron chi connectivity index (χ2n) is 6.43. The fourth-order valence-electron chi connectivity index (χ4n) is 2.58. The number of amides is 1. The van der Waals surface area contributed by atoms with Crippen molar-refractivity contribution in [3.63, 3.8) is 0 Å². The Morgan fingerprint density at radius 1 is 1.15 bits per heavy atom. The number of carbonyl (C=O) groups excluding carboxylic acids is 1. The minimum absolute atomic E-state index is 0.0646. The van der Waals surface area contributed by atoms with Crippen LogP contribution in [0.3, 0.4) is 0 Å². The summed E-state index contributed by atoms with van der Waals surface area (Å²) >= 11 is 7.58. The van der Waals surface area contributed by atoms with Crippen molar-refractivity contribution < 1.29 is 13.6 Å². The van der Waals surface area contributed by atoms with Gasteiger partial charge in [-0.3, -0.25) is 9.69 Å². The molecule has 0 radical (unpaired) electrons. The van der Waals surface area contributed by atoms with Crippen molar-refractivity contribution in [1.29, 1.82) is 0 Å². The van der Waals surface area contributed by atoms with Gasteiger partial charge < -0.3 is 4.90 Å². The molecule has 4 nitrogen and oxygen atoms in total. The van der Waals surface area contributed by atoms with Crippen molar-refractivity contribution in [3.8, 4) is 0 Å². The van der Waals surface area contributed by atoms with Gasteiger partial charge in [0, 0.05) is 18.7 Å².